The van der Waals surface area contributed by atoms with Crippen LogP contribution in [0.25, 0.3) is 50.3 Å². The Morgan fingerprint density at radius 2 is 1.56 bits per heavy atom. The molecular weight excluding hydrogens is 735 g/mol. The molecule has 1 aliphatic carbocycles. The molecule has 2 aliphatic heterocycles. The minimum absolute atomic E-state index is 0.154. The summed E-state index contributed by atoms with van der Waals surface area (Å²) < 4.78 is 12.0. The molecule has 6 aromatic rings. The van der Waals surface area contributed by atoms with Crippen LogP contribution < -0.4 is 14.3 Å². The molecule has 6 heterocycles. The second kappa shape index (κ2) is 14.7. The number of allylic oxidation sites excluding steroid dienone is 1. The molecule has 2 atom stereocenters. The predicted octanol–water partition coefficient (Wildman–Crippen LogP) is 13.1. The summed E-state index contributed by atoms with van der Waals surface area (Å²) >= 11 is 0. The molecule has 1 fully saturated rings. The largest absolute Gasteiger partial charge is 0.437 e. The van der Waals surface area contributed by atoms with Gasteiger partial charge in [-0.25, -0.2) is 4.98 Å². The predicted molar refractivity (Wildman–Crippen MR) is 249 cm³/mol. The third-order valence-corrected chi connectivity index (χ3v) is 15.7. The van der Waals surface area contributed by atoms with Gasteiger partial charge in [0.15, 0.2) is 29.7 Å². The van der Waals surface area contributed by atoms with Gasteiger partial charge in [-0.1, -0.05) is 105 Å². The SMILES string of the molecule is C=C1CC2C(CCc3ccc4c(oc5nc(C)ccc54)c3-c3cc(CC(C)(C)C)cc[n+]31)c1cc(C3CCCCC3)ccc1-c1cc(CC(C)(C)C)c([Si](C)(C)C)c[n+]12. The number of aromatic nitrogens is 3. The van der Waals surface area contributed by atoms with Crippen molar-refractivity contribution in [3.8, 4) is 22.5 Å². The van der Waals surface area contributed by atoms with E-state index < -0.39 is 8.07 Å². The van der Waals surface area contributed by atoms with Crippen LogP contribution in [0.15, 0.2) is 84.1 Å². The molecule has 0 N–H and O–H groups in total. The summed E-state index contributed by atoms with van der Waals surface area (Å²) in [7, 11) is -1.71. The molecule has 0 bridgehead atoms. The molecule has 306 valence electrons. The number of nitrogens with zero attached hydrogens (tertiary/aromatic N) is 3. The lowest BCUT2D eigenvalue weighted by molar-refractivity contribution is -0.719. The third kappa shape index (κ3) is 7.66. The van der Waals surface area contributed by atoms with Crippen molar-refractivity contribution in [2.24, 2.45) is 10.8 Å². The summed E-state index contributed by atoms with van der Waals surface area (Å²) in [6, 6.07) is 24.3. The highest BCUT2D eigenvalue weighted by Gasteiger charge is 2.45. The first-order valence-corrected chi connectivity index (χ1v) is 26.2. The van der Waals surface area contributed by atoms with Crippen molar-refractivity contribution in [1.82, 2.24) is 4.98 Å². The second-order valence-electron chi connectivity index (χ2n) is 22.1. The first kappa shape index (κ1) is 40.1. The van der Waals surface area contributed by atoms with Gasteiger partial charge in [0.2, 0.25) is 17.1 Å². The summed E-state index contributed by atoms with van der Waals surface area (Å²) in [6.07, 6.45) is 16.6. The topological polar surface area (TPSA) is 33.8 Å². The van der Waals surface area contributed by atoms with Gasteiger partial charge in [0.05, 0.1) is 20.1 Å². The lowest BCUT2D eigenvalue weighted by Crippen LogP contribution is -2.54. The van der Waals surface area contributed by atoms with E-state index in [2.05, 4.69) is 143 Å². The lowest BCUT2D eigenvalue weighted by Gasteiger charge is -2.34. The number of rotatable bonds is 4. The average molecular weight is 802 g/mol. The summed E-state index contributed by atoms with van der Waals surface area (Å²) in [5.41, 5.74) is 16.6. The molecular formula is C54H67N3OSi+2. The monoisotopic (exact) mass is 802 g/mol. The fourth-order valence-corrected chi connectivity index (χ4v) is 12.7. The highest BCUT2D eigenvalue weighted by molar-refractivity contribution is 6.89. The van der Waals surface area contributed by atoms with E-state index in [1.54, 1.807) is 21.9 Å². The Hall–Kier alpha value is -4.35. The zero-order valence-corrected chi connectivity index (χ0v) is 38.7. The van der Waals surface area contributed by atoms with Crippen LogP contribution in [0.3, 0.4) is 0 Å². The molecule has 1 saturated carbocycles. The molecule has 2 aromatic carbocycles. The van der Waals surface area contributed by atoms with E-state index in [4.69, 9.17) is 16.0 Å². The van der Waals surface area contributed by atoms with Gasteiger partial charge in [0, 0.05) is 51.3 Å². The van der Waals surface area contributed by atoms with Crippen LogP contribution in [0, 0.1) is 17.8 Å². The van der Waals surface area contributed by atoms with E-state index in [0.717, 1.165) is 65.6 Å². The Morgan fingerprint density at radius 3 is 2.29 bits per heavy atom. The normalized spacial score (nSPS) is 18.9. The van der Waals surface area contributed by atoms with Crippen molar-refractivity contribution in [3.63, 3.8) is 0 Å². The van der Waals surface area contributed by atoms with E-state index >= 15 is 0 Å². The minimum atomic E-state index is -1.71. The van der Waals surface area contributed by atoms with Crippen LogP contribution in [0.1, 0.15) is 138 Å². The van der Waals surface area contributed by atoms with Gasteiger partial charge in [-0.15, -0.1) is 0 Å². The number of pyridine rings is 3. The van der Waals surface area contributed by atoms with E-state index in [0.29, 0.717) is 11.8 Å². The van der Waals surface area contributed by atoms with Crippen LogP contribution >= 0.6 is 0 Å². The Balaban J connectivity index is 1.28. The van der Waals surface area contributed by atoms with Crippen LogP contribution in [-0.4, -0.2) is 13.1 Å². The van der Waals surface area contributed by atoms with Crippen LogP contribution in [0.2, 0.25) is 19.6 Å². The summed E-state index contributed by atoms with van der Waals surface area (Å²) in [5, 5.41) is 3.81. The molecule has 0 radical (unpaired) electrons. The van der Waals surface area contributed by atoms with Crippen molar-refractivity contribution in [3.05, 3.63) is 113 Å². The molecule has 4 aromatic heterocycles. The first-order chi connectivity index (χ1) is 27.9. The second-order valence-corrected chi connectivity index (χ2v) is 27.1. The number of fused-ring (bicyclic) bond motifs is 13. The standard InChI is InChI=1S/C54H67N3OSi/c1-34-17-21-44-43-24-19-38-18-22-41-45-29-39(37-15-13-12-14-16-37)20-23-42(45)47-30-40(32-54(6,7)8)49(59(9,10)11)33-57(47)46(41)27-35(2)56-26-25-36(31-53(3,4)5)28-48(56)50(38)51(43)58-52(44)55-34/h17,19-21,23-26,28-30,33,37,41,46H,2,12-16,18,22,27,31-32H2,1,3-11H3/q+2. The number of aryl methyl sites for hydroxylation is 2. The third-order valence-electron chi connectivity index (χ3n) is 13.6. The van der Waals surface area contributed by atoms with Crippen molar-refractivity contribution in [1.29, 1.82) is 0 Å². The van der Waals surface area contributed by atoms with Crippen molar-refractivity contribution in [2.75, 3.05) is 0 Å². The quantitative estimate of drug-likeness (QED) is 0.131. The van der Waals surface area contributed by atoms with Crippen molar-refractivity contribution in [2.45, 2.75) is 150 Å². The zero-order chi connectivity index (χ0) is 41.6. The fraction of sp³-hybridized carbons (Fsp3) is 0.463. The molecule has 3 aliphatic rings. The molecule has 9 rings (SSSR count). The van der Waals surface area contributed by atoms with Crippen molar-refractivity contribution >= 4 is 41.0 Å². The maximum absolute atomic E-state index is 6.86. The van der Waals surface area contributed by atoms with Crippen LogP contribution in [0.5, 0.6) is 0 Å². The van der Waals surface area contributed by atoms with Crippen molar-refractivity contribution < 1.29 is 13.6 Å². The van der Waals surface area contributed by atoms with Gasteiger partial charge in [0.1, 0.15) is 0 Å². The Labute approximate surface area is 354 Å². The van der Waals surface area contributed by atoms with Gasteiger partial charge >= 0.3 is 0 Å². The Bertz CT molecular complexity index is 2620. The van der Waals surface area contributed by atoms with E-state index in [1.807, 2.05) is 6.92 Å². The molecule has 0 amide bonds. The molecule has 5 heteroatoms. The van der Waals surface area contributed by atoms with Gasteiger partial charge in [-0.05, 0) is 115 Å². The number of hydrogen-bond acceptors (Lipinski definition) is 2. The minimum Gasteiger partial charge on any atom is -0.437 e. The van der Waals surface area contributed by atoms with E-state index in [9.17, 15) is 0 Å². The number of hydrogen-bond donors (Lipinski definition) is 0. The maximum atomic E-state index is 6.86. The molecule has 2 unspecified atom stereocenters. The Kier molecular flexibility index (Phi) is 9.97. The van der Waals surface area contributed by atoms with Gasteiger partial charge in [0.25, 0.3) is 0 Å². The molecule has 0 saturated heterocycles. The first-order valence-electron chi connectivity index (χ1n) is 22.7. The number of benzene rings is 2. The molecule has 0 spiro atoms. The molecule has 59 heavy (non-hydrogen) atoms. The highest BCUT2D eigenvalue weighted by Crippen LogP contribution is 2.47. The van der Waals surface area contributed by atoms with Gasteiger partial charge in [-0.2, -0.15) is 9.13 Å². The number of furan rings is 1. The van der Waals surface area contributed by atoms with Gasteiger partial charge in [-0.3, -0.25) is 0 Å². The van der Waals surface area contributed by atoms with Crippen LogP contribution in [-0.2, 0) is 19.3 Å². The maximum Gasteiger partial charge on any atom is 0.227 e. The highest BCUT2D eigenvalue weighted by atomic mass is 28.3. The van der Waals surface area contributed by atoms with E-state index in [-0.39, 0.29) is 16.9 Å². The Morgan fingerprint density at radius 1 is 0.814 bits per heavy atom. The summed E-state index contributed by atoms with van der Waals surface area (Å²) in [4.78, 5) is 4.88. The molecule has 4 nitrogen and oxygen atoms in total. The summed E-state index contributed by atoms with van der Waals surface area (Å²) in [5.74, 6) is 0.988. The van der Waals surface area contributed by atoms with Gasteiger partial charge < -0.3 is 4.42 Å². The summed E-state index contributed by atoms with van der Waals surface area (Å²) in [6.45, 7) is 28.9. The van der Waals surface area contributed by atoms with Crippen LogP contribution in [0.4, 0.5) is 0 Å². The smallest absolute Gasteiger partial charge is 0.227 e. The zero-order valence-electron chi connectivity index (χ0n) is 37.7. The van der Waals surface area contributed by atoms with E-state index in [1.165, 1.54) is 65.7 Å². The fourth-order valence-electron chi connectivity index (χ4n) is 11.0. The lowest BCUT2D eigenvalue weighted by atomic mass is 9.74. The average Bonchev–Trinajstić information content (AvgIpc) is 3.53.